The maximum absolute atomic E-state index is 13.7. The van der Waals surface area contributed by atoms with Crippen molar-refractivity contribution in [1.29, 1.82) is 5.26 Å². The Bertz CT molecular complexity index is 924. The number of hydrogen-bond donors (Lipinski definition) is 0. The third-order valence-corrected chi connectivity index (χ3v) is 6.97. The number of ether oxygens (including phenoxy) is 1. The van der Waals surface area contributed by atoms with E-state index in [9.17, 15) is 9.18 Å². The fourth-order valence-corrected chi connectivity index (χ4v) is 4.88. The van der Waals surface area contributed by atoms with Crippen LogP contribution in [-0.2, 0) is 6.42 Å². The zero-order chi connectivity index (χ0) is 23.5. The van der Waals surface area contributed by atoms with Gasteiger partial charge < -0.3 is 4.74 Å². The van der Waals surface area contributed by atoms with E-state index in [-0.39, 0.29) is 11.3 Å². The third-order valence-electron chi connectivity index (χ3n) is 6.97. The van der Waals surface area contributed by atoms with Gasteiger partial charge in [-0.05, 0) is 54.5 Å². The molecule has 1 aliphatic rings. The SMILES string of the molecule is CCCCC[C@H]1CC[C@H](CCCCc2ccc(C(=O)Oc3ccc(C#N)c(F)c3)cc2)CC1. The third kappa shape index (κ3) is 8.00. The van der Waals surface area contributed by atoms with Gasteiger partial charge in [0.15, 0.2) is 0 Å². The average molecular weight is 450 g/mol. The lowest BCUT2D eigenvalue weighted by Crippen LogP contribution is -2.14. The number of aryl methyl sites for hydroxylation is 1. The number of hydrogen-bond acceptors (Lipinski definition) is 3. The van der Waals surface area contributed by atoms with E-state index in [2.05, 4.69) is 6.92 Å². The van der Waals surface area contributed by atoms with Gasteiger partial charge in [0.25, 0.3) is 0 Å². The van der Waals surface area contributed by atoms with Crippen LogP contribution in [0.15, 0.2) is 42.5 Å². The van der Waals surface area contributed by atoms with E-state index < -0.39 is 11.8 Å². The molecule has 0 radical (unpaired) electrons. The first kappa shape index (κ1) is 25.0. The van der Waals surface area contributed by atoms with Crippen LogP contribution in [-0.4, -0.2) is 5.97 Å². The summed E-state index contributed by atoms with van der Waals surface area (Å²) in [6, 6.07) is 13.0. The molecule has 33 heavy (non-hydrogen) atoms. The standard InChI is InChI=1S/C29H36FNO2/c1-2-3-4-7-22-10-12-23(13-11-22)8-5-6-9-24-14-16-25(17-15-24)29(32)33-27-19-18-26(21-31)28(30)20-27/h14-20,22-23H,2-13H2,1H3/t22-,23-. The first-order valence-corrected chi connectivity index (χ1v) is 12.6. The number of nitrogens with zero attached hydrogens (tertiary/aromatic N) is 1. The fourth-order valence-electron chi connectivity index (χ4n) is 4.88. The topological polar surface area (TPSA) is 50.1 Å². The molecule has 0 unspecified atom stereocenters. The van der Waals surface area contributed by atoms with Gasteiger partial charge in [0.05, 0.1) is 11.1 Å². The molecule has 2 aromatic carbocycles. The summed E-state index contributed by atoms with van der Waals surface area (Å²) in [5, 5.41) is 8.78. The maximum atomic E-state index is 13.7. The van der Waals surface area contributed by atoms with E-state index in [1.54, 1.807) is 18.2 Å². The van der Waals surface area contributed by atoms with Crippen molar-refractivity contribution < 1.29 is 13.9 Å². The van der Waals surface area contributed by atoms with Gasteiger partial charge >= 0.3 is 5.97 Å². The molecule has 2 aromatic rings. The molecular weight excluding hydrogens is 413 g/mol. The fraction of sp³-hybridized carbons (Fsp3) is 0.517. The second-order valence-electron chi connectivity index (χ2n) is 9.47. The van der Waals surface area contributed by atoms with Crippen molar-refractivity contribution in [2.75, 3.05) is 0 Å². The second-order valence-corrected chi connectivity index (χ2v) is 9.47. The highest BCUT2D eigenvalue weighted by atomic mass is 19.1. The van der Waals surface area contributed by atoms with Crippen molar-refractivity contribution in [2.24, 2.45) is 11.8 Å². The largest absolute Gasteiger partial charge is 0.423 e. The van der Waals surface area contributed by atoms with Crippen LogP contribution in [0.25, 0.3) is 0 Å². The number of esters is 1. The highest BCUT2D eigenvalue weighted by Crippen LogP contribution is 2.34. The maximum Gasteiger partial charge on any atom is 0.343 e. The van der Waals surface area contributed by atoms with Gasteiger partial charge in [-0.15, -0.1) is 0 Å². The lowest BCUT2D eigenvalue weighted by molar-refractivity contribution is 0.0734. The Morgan fingerprint density at radius 1 is 0.970 bits per heavy atom. The summed E-state index contributed by atoms with van der Waals surface area (Å²) in [5.41, 5.74) is 1.57. The summed E-state index contributed by atoms with van der Waals surface area (Å²) in [6.45, 7) is 2.28. The van der Waals surface area contributed by atoms with Crippen molar-refractivity contribution >= 4 is 5.97 Å². The Hall–Kier alpha value is -2.67. The summed E-state index contributed by atoms with van der Waals surface area (Å²) < 4.78 is 18.9. The molecule has 4 heteroatoms. The zero-order valence-corrected chi connectivity index (χ0v) is 19.8. The van der Waals surface area contributed by atoms with Gasteiger partial charge in [-0.1, -0.05) is 83.3 Å². The number of unbranched alkanes of at least 4 members (excludes halogenated alkanes) is 3. The highest BCUT2D eigenvalue weighted by Gasteiger charge is 2.20. The van der Waals surface area contributed by atoms with E-state index in [4.69, 9.17) is 10.00 Å². The van der Waals surface area contributed by atoms with Gasteiger partial charge in [0.1, 0.15) is 17.6 Å². The summed E-state index contributed by atoms with van der Waals surface area (Å²) in [7, 11) is 0. The zero-order valence-electron chi connectivity index (χ0n) is 19.8. The predicted molar refractivity (Wildman–Crippen MR) is 130 cm³/mol. The molecule has 1 aliphatic carbocycles. The summed E-state index contributed by atoms with van der Waals surface area (Å²) in [5.74, 6) is 0.760. The molecule has 0 N–H and O–H groups in total. The molecule has 0 bridgehead atoms. The predicted octanol–water partition coefficient (Wildman–Crippen LogP) is 8.02. The molecule has 176 valence electrons. The Morgan fingerprint density at radius 3 is 2.18 bits per heavy atom. The molecule has 0 aromatic heterocycles. The smallest absolute Gasteiger partial charge is 0.343 e. The Kier molecular flexibility index (Phi) is 9.94. The van der Waals surface area contributed by atoms with Crippen molar-refractivity contribution in [3.63, 3.8) is 0 Å². The monoisotopic (exact) mass is 449 g/mol. The molecule has 0 amide bonds. The molecular formula is C29H36FNO2. The number of carbonyl (C=O) groups is 1. The van der Waals surface area contributed by atoms with Crippen LogP contribution in [0.1, 0.15) is 99.0 Å². The quantitative estimate of drug-likeness (QED) is 0.198. The van der Waals surface area contributed by atoms with Crippen molar-refractivity contribution in [3.8, 4) is 11.8 Å². The minimum atomic E-state index is -0.696. The van der Waals surface area contributed by atoms with Gasteiger partial charge in [-0.2, -0.15) is 5.26 Å². The van der Waals surface area contributed by atoms with Crippen molar-refractivity contribution in [2.45, 2.75) is 84.0 Å². The molecule has 0 spiro atoms. The number of rotatable bonds is 11. The number of halogens is 1. The van der Waals surface area contributed by atoms with Crippen LogP contribution >= 0.6 is 0 Å². The van der Waals surface area contributed by atoms with Crippen molar-refractivity contribution in [3.05, 3.63) is 65.0 Å². The second kappa shape index (κ2) is 13.1. The lowest BCUT2D eigenvalue weighted by Gasteiger charge is -2.28. The number of nitriles is 1. The highest BCUT2D eigenvalue weighted by molar-refractivity contribution is 5.91. The molecule has 0 atom stereocenters. The molecule has 1 saturated carbocycles. The number of benzene rings is 2. The first-order valence-electron chi connectivity index (χ1n) is 12.6. The average Bonchev–Trinajstić information content (AvgIpc) is 2.83. The van der Waals surface area contributed by atoms with E-state index in [1.165, 1.54) is 88.3 Å². The number of carbonyl (C=O) groups excluding carboxylic acids is 1. The van der Waals surface area contributed by atoms with Crippen LogP contribution in [0.4, 0.5) is 4.39 Å². The van der Waals surface area contributed by atoms with E-state index in [1.807, 2.05) is 12.1 Å². The van der Waals surface area contributed by atoms with Crippen LogP contribution in [0.5, 0.6) is 5.75 Å². The summed E-state index contributed by atoms with van der Waals surface area (Å²) >= 11 is 0. The molecule has 0 aliphatic heterocycles. The van der Waals surface area contributed by atoms with Crippen LogP contribution in [0.2, 0.25) is 0 Å². The molecule has 0 saturated heterocycles. The summed E-state index contributed by atoms with van der Waals surface area (Å²) in [4.78, 5) is 12.3. The molecule has 3 rings (SSSR count). The van der Waals surface area contributed by atoms with Crippen LogP contribution in [0.3, 0.4) is 0 Å². The molecule has 1 fully saturated rings. The first-order chi connectivity index (χ1) is 16.1. The van der Waals surface area contributed by atoms with E-state index in [0.29, 0.717) is 5.56 Å². The normalized spacial score (nSPS) is 18.0. The molecule has 3 nitrogen and oxygen atoms in total. The Balaban J connectivity index is 1.35. The van der Waals surface area contributed by atoms with Gasteiger partial charge in [-0.25, -0.2) is 9.18 Å². The Morgan fingerprint density at radius 2 is 1.61 bits per heavy atom. The minimum absolute atomic E-state index is 0.0748. The lowest BCUT2D eigenvalue weighted by atomic mass is 9.78. The van der Waals surface area contributed by atoms with Gasteiger partial charge in [-0.3, -0.25) is 0 Å². The van der Waals surface area contributed by atoms with E-state index in [0.717, 1.165) is 24.3 Å². The van der Waals surface area contributed by atoms with E-state index >= 15 is 0 Å². The van der Waals surface area contributed by atoms with Crippen LogP contribution in [0, 0.1) is 29.0 Å². The summed E-state index contributed by atoms with van der Waals surface area (Å²) in [6.07, 6.45) is 16.0. The van der Waals surface area contributed by atoms with Crippen molar-refractivity contribution in [1.82, 2.24) is 0 Å². The van der Waals surface area contributed by atoms with Crippen LogP contribution < -0.4 is 4.74 Å². The minimum Gasteiger partial charge on any atom is -0.423 e. The van der Waals surface area contributed by atoms with Gasteiger partial charge in [0, 0.05) is 6.07 Å². The van der Waals surface area contributed by atoms with Gasteiger partial charge in [0.2, 0.25) is 0 Å². The Labute approximate surface area is 198 Å². The molecule has 0 heterocycles.